The van der Waals surface area contributed by atoms with E-state index < -0.39 is 24.4 Å². The van der Waals surface area contributed by atoms with Crippen LogP contribution in [-0.2, 0) is 23.9 Å². The molecule has 2 aliphatic rings. The highest BCUT2D eigenvalue weighted by molar-refractivity contribution is 7.98. The number of hydrogen-bond acceptors (Lipinski definition) is 6. The van der Waals surface area contributed by atoms with Crippen molar-refractivity contribution in [2.45, 2.75) is 30.2 Å². The minimum atomic E-state index is -0.614. The fourth-order valence-electron chi connectivity index (χ4n) is 3.06. The van der Waals surface area contributed by atoms with Gasteiger partial charge in [0, 0.05) is 36.6 Å². The van der Waals surface area contributed by atoms with E-state index in [1.54, 1.807) is 16.7 Å². The maximum Gasteiger partial charge on any atom is 0.311 e. The van der Waals surface area contributed by atoms with Crippen molar-refractivity contribution in [3.05, 3.63) is 24.3 Å². The molecule has 1 aliphatic heterocycles. The quantitative estimate of drug-likeness (QED) is 0.500. The van der Waals surface area contributed by atoms with Crippen LogP contribution in [0.3, 0.4) is 0 Å². The fourth-order valence-corrected chi connectivity index (χ4v) is 3.51. The number of ether oxygens (including phenoxy) is 1. The highest BCUT2D eigenvalue weighted by Crippen LogP contribution is 2.28. The molecule has 1 aliphatic carbocycles. The van der Waals surface area contributed by atoms with Gasteiger partial charge in [0.1, 0.15) is 0 Å². The summed E-state index contributed by atoms with van der Waals surface area (Å²) >= 11 is 1.57. The lowest BCUT2D eigenvalue weighted by Gasteiger charge is -2.18. The van der Waals surface area contributed by atoms with Crippen molar-refractivity contribution < 1.29 is 23.9 Å². The summed E-state index contributed by atoms with van der Waals surface area (Å²) in [7, 11) is 1.49. The standard InChI is InChI=1S/C20H25N3O5S/c1-22(11-17(24)21-14-6-7-14)19(26)12-28-20(27)13-8-18(25)23(10-13)15-4-3-5-16(9-15)29-2/h3-5,9,13-14H,6-8,10-12H2,1-2H3,(H,21,24)/t13-/m0/s1. The minimum Gasteiger partial charge on any atom is -0.455 e. The molecule has 2 fully saturated rings. The summed E-state index contributed by atoms with van der Waals surface area (Å²) in [6, 6.07) is 7.78. The summed E-state index contributed by atoms with van der Waals surface area (Å²) in [5, 5.41) is 2.80. The number of carbonyl (C=O) groups excluding carboxylic acids is 4. The zero-order valence-corrected chi connectivity index (χ0v) is 17.4. The van der Waals surface area contributed by atoms with E-state index >= 15 is 0 Å². The normalized spacial score (nSPS) is 18.5. The van der Waals surface area contributed by atoms with Gasteiger partial charge in [-0.1, -0.05) is 6.07 Å². The largest absolute Gasteiger partial charge is 0.455 e. The van der Waals surface area contributed by atoms with Gasteiger partial charge in [0.15, 0.2) is 6.61 Å². The number of nitrogens with zero attached hydrogens (tertiary/aromatic N) is 2. The van der Waals surface area contributed by atoms with Crippen molar-refractivity contribution in [2.75, 3.05) is 37.9 Å². The molecule has 1 aromatic carbocycles. The predicted octanol–water partition coefficient (Wildman–Crippen LogP) is 1.04. The molecule has 8 nitrogen and oxygen atoms in total. The Kier molecular flexibility index (Phi) is 6.79. The molecular formula is C20H25N3O5S. The Morgan fingerprint density at radius 2 is 2.07 bits per heavy atom. The molecular weight excluding hydrogens is 394 g/mol. The second kappa shape index (κ2) is 9.30. The Bertz CT molecular complexity index is 811. The molecule has 1 heterocycles. The summed E-state index contributed by atoms with van der Waals surface area (Å²) in [6.07, 6.45) is 3.95. The summed E-state index contributed by atoms with van der Waals surface area (Å²) < 4.78 is 5.12. The molecule has 1 N–H and O–H groups in total. The van der Waals surface area contributed by atoms with Crippen LogP contribution in [0.2, 0.25) is 0 Å². The maximum atomic E-state index is 12.3. The fraction of sp³-hybridized carbons (Fsp3) is 0.500. The summed E-state index contributed by atoms with van der Waals surface area (Å²) in [5.41, 5.74) is 0.745. The average Bonchev–Trinajstić information content (AvgIpc) is 3.43. The van der Waals surface area contributed by atoms with E-state index in [-0.39, 0.29) is 37.4 Å². The van der Waals surface area contributed by atoms with Gasteiger partial charge in [-0.15, -0.1) is 11.8 Å². The number of hydrogen-bond donors (Lipinski definition) is 1. The van der Waals surface area contributed by atoms with Gasteiger partial charge in [-0.25, -0.2) is 0 Å². The first kappa shape index (κ1) is 21.2. The van der Waals surface area contributed by atoms with Crippen molar-refractivity contribution in [3.8, 4) is 0 Å². The Labute approximate surface area is 173 Å². The van der Waals surface area contributed by atoms with Gasteiger partial charge < -0.3 is 19.9 Å². The summed E-state index contributed by atoms with van der Waals surface area (Å²) in [5.74, 6) is -2.02. The number of anilines is 1. The van der Waals surface area contributed by atoms with E-state index in [1.807, 2.05) is 30.5 Å². The number of benzene rings is 1. The number of thioether (sulfide) groups is 1. The van der Waals surface area contributed by atoms with Crippen molar-refractivity contribution in [1.29, 1.82) is 0 Å². The zero-order valence-electron chi connectivity index (χ0n) is 16.6. The third kappa shape index (κ3) is 5.72. The number of carbonyl (C=O) groups is 4. The van der Waals surface area contributed by atoms with E-state index in [4.69, 9.17) is 4.74 Å². The van der Waals surface area contributed by atoms with Gasteiger partial charge in [0.05, 0.1) is 12.5 Å². The third-order valence-corrected chi connectivity index (χ3v) is 5.64. The van der Waals surface area contributed by atoms with Crippen molar-refractivity contribution in [1.82, 2.24) is 10.2 Å². The Morgan fingerprint density at radius 3 is 2.76 bits per heavy atom. The molecule has 3 amide bonds. The Balaban J connectivity index is 1.47. The highest BCUT2D eigenvalue weighted by Gasteiger charge is 2.36. The van der Waals surface area contributed by atoms with Crippen LogP contribution in [0.15, 0.2) is 29.2 Å². The SMILES string of the molecule is CSc1cccc(N2C[C@@H](C(=O)OCC(=O)N(C)CC(=O)NC3CC3)CC2=O)c1. The molecule has 1 saturated heterocycles. The minimum absolute atomic E-state index is 0.0517. The molecule has 0 spiro atoms. The molecule has 156 valence electrons. The molecule has 9 heteroatoms. The first-order valence-corrected chi connectivity index (χ1v) is 10.7. The second-order valence-electron chi connectivity index (χ2n) is 7.31. The van der Waals surface area contributed by atoms with E-state index in [2.05, 4.69) is 5.32 Å². The lowest BCUT2D eigenvalue weighted by Crippen LogP contribution is -2.41. The van der Waals surface area contributed by atoms with Crippen molar-refractivity contribution in [3.63, 3.8) is 0 Å². The highest BCUT2D eigenvalue weighted by atomic mass is 32.2. The molecule has 29 heavy (non-hydrogen) atoms. The first-order chi connectivity index (χ1) is 13.9. The number of amides is 3. The van der Waals surface area contributed by atoms with Gasteiger partial charge >= 0.3 is 5.97 Å². The molecule has 0 radical (unpaired) electrons. The Hall–Kier alpha value is -2.55. The monoisotopic (exact) mass is 419 g/mol. The first-order valence-electron chi connectivity index (χ1n) is 9.51. The van der Waals surface area contributed by atoms with Gasteiger partial charge in [-0.3, -0.25) is 19.2 Å². The maximum absolute atomic E-state index is 12.3. The molecule has 1 atom stereocenters. The number of nitrogens with one attached hydrogen (secondary N) is 1. The van der Waals surface area contributed by atoms with E-state index in [1.165, 1.54) is 11.9 Å². The van der Waals surface area contributed by atoms with Crippen LogP contribution < -0.4 is 10.2 Å². The van der Waals surface area contributed by atoms with Gasteiger partial charge in [-0.05, 0) is 37.3 Å². The zero-order chi connectivity index (χ0) is 21.0. The lowest BCUT2D eigenvalue weighted by atomic mass is 10.1. The lowest BCUT2D eigenvalue weighted by molar-refractivity contribution is -0.155. The smallest absolute Gasteiger partial charge is 0.311 e. The molecule has 1 saturated carbocycles. The van der Waals surface area contributed by atoms with Gasteiger partial charge in [0.25, 0.3) is 5.91 Å². The number of likely N-dealkylation sites (N-methyl/N-ethyl adjacent to an activating group) is 1. The average molecular weight is 420 g/mol. The van der Waals surface area contributed by atoms with Gasteiger partial charge in [0.2, 0.25) is 11.8 Å². The number of rotatable bonds is 8. The van der Waals surface area contributed by atoms with E-state index in [0.717, 1.165) is 23.4 Å². The van der Waals surface area contributed by atoms with Crippen LogP contribution in [0.25, 0.3) is 0 Å². The van der Waals surface area contributed by atoms with Crippen LogP contribution in [0.4, 0.5) is 5.69 Å². The summed E-state index contributed by atoms with van der Waals surface area (Å²) in [6.45, 7) is -0.295. The van der Waals surface area contributed by atoms with Crippen molar-refractivity contribution >= 4 is 41.1 Å². The van der Waals surface area contributed by atoms with Crippen LogP contribution >= 0.6 is 11.8 Å². The molecule has 1 aromatic rings. The third-order valence-electron chi connectivity index (χ3n) is 4.91. The van der Waals surface area contributed by atoms with Crippen LogP contribution in [-0.4, -0.2) is 67.6 Å². The van der Waals surface area contributed by atoms with E-state index in [9.17, 15) is 19.2 Å². The molecule has 0 bridgehead atoms. The molecule has 3 rings (SSSR count). The van der Waals surface area contributed by atoms with Gasteiger partial charge in [-0.2, -0.15) is 0 Å². The summed E-state index contributed by atoms with van der Waals surface area (Å²) in [4.78, 5) is 52.4. The Morgan fingerprint density at radius 1 is 1.31 bits per heavy atom. The molecule has 0 aromatic heterocycles. The van der Waals surface area contributed by atoms with Crippen LogP contribution in [0, 0.1) is 5.92 Å². The van der Waals surface area contributed by atoms with Crippen molar-refractivity contribution in [2.24, 2.45) is 5.92 Å². The van der Waals surface area contributed by atoms with Crippen LogP contribution in [0.5, 0.6) is 0 Å². The number of esters is 1. The van der Waals surface area contributed by atoms with E-state index in [0.29, 0.717) is 0 Å². The second-order valence-corrected chi connectivity index (χ2v) is 8.19. The molecule has 0 unspecified atom stereocenters. The topological polar surface area (TPSA) is 96.0 Å². The predicted molar refractivity (Wildman–Crippen MR) is 108 cm³/mol. The van der Waals surface area contributed by atoms with Crippen LogP contribution in [0.1, 0.15) is 19.3 Å².